The van der Waals surface area contributed by atoms with Gasteiger partial charge in [-0.1, -0.05) is 49.6 Å². The maximum absolute atomic E-state index is 6.42. The summed E-state index contributed by atoms with van der Waals surface area (Å²) in [4.78, 5) is 2.82. The predicted molar refractivity (Wildman–Crippen MR) is 93.4 cm³/mol. The van der Waals surface area contributed by atoms with E-state index in [4.69, 9.17) is 4.74 Å². The molecule has 126 valence electrons. The van der Waals surface area contributed by atoms with Crippen molar-refractivity contribution in [2.75, 3.05) is 13.1 Å². The van der Waals surface area contributed by atoms with E-state index in [9.17, 15) is 0 Å². The Kier molecular flexibility index (Phi) is 4.98. The van der Waals surface area contributed by atoms with Crippen LogP contribution in [0.2, 0.25) is 0 Å². The van der Waals surface area contributed by atoms with E-state index >= 15 is 0 Å². The summed E-state index contributed by atoms with van der Waals surface area (Å²) in [6.45, 7) is 3.13. The van der Waals surface area contributed by atoms with Crippen molar-refractivity contribution in [3.63, 3.8) is 0 Å². The molecule has 1 heterocycles. The molecule has 0 spiro atoms. The molecule has 0 aromatic heterocycles. The first-order chi connectivity index (χ1) is 11.4. The first-order valence-electron chi connectivity index (χ1n) is 9.56. The number of hydrogen-bond acceptors (Lipinski definition) is 3. The van der Waals surface area contributed by atoms with Gasteiger partial charge in [-0.2, -0.15) is 0 Å². The summed E-state index contributed by atoms with van der Waals surface area (Å²) in [6, 6.07) is 12.8. The van der Waals surface area contributed by atoms with Crippen molar-refractivity contribution in [3.8, 4) is 0 Å². The van der Waals surface area contributed by atoms with Crippen molar-refractivity contribution in [2.45, 2.75) is 75.8 Å². The highest BCUT2D eigenvalue weighted by atomic mass is 16.5. The van der Waals surface area contributed by atoms with E-state index in [-0.39, 0.29) is 0 Å². The van der Waals surface area contributed by atoms with Gasteiger partial charge in [0.15, 0.2) is 0 Å². The van der Waals surface area contributed by atoms with Gasteiger partial charge in [0, 0.05) is 31.2 Å². The lowest BCUT2D eigenvalue weighted by atomic mass is 9.89. The first-order valence-corrected chi connectivity index (χ1v) is 9.56. The molecule has 0 radical (unpaired) electrons. The molecule has 3 aliphatic rings. The van der Waals surface area contributed by atoms with Crippen LogP contribution in [-0.2, 0) is 11.3 Å². The van der Waals surface area contributed by atoms with Crippen LogP contribution >= 0.6 is 0 Å². The second-order valence-corrected chi connectivity index (χ2v) is 7.48. The molecule has 2 aliphatic carbocycles. The Bertz CT molecular complexity index is 492. The molecule has 2 saturated carbocycles. The molecule has 3 heteroatoms. The Hall–Kier alpha value is -0.900. The fraction of sp³-hybridized carbons (Fsp3) is 0.700. The molecule has 0 bridgehead atoms. The second-order valence-electron chi connectivity index (χ2n) is 7.48. The fourth-order valence-electron chi connectivity index (χ4n) is 4.96. The summed E-state index contributed by atoms with van der Waals surface area (Å²) in [6.07, 6.45) is 9.81. The van der Waals surface area contributed by atoms with Crippen LogP contribution in [0.15, 0.2) is 30.3 Å². The van der Waals surface area contributed by atoms with Crippen molar-refractivity contribution in [1.29, 1.82) is 0 Å². The monoisotopic (exact) mass is 314 g/mol. The topological polar surface area (TPSA) is 24.5 Å². The third-order valence-corrected chi connectivity index (χ3v) is 6.08. The number of fused-ring (bicyclic) bond motifs is 1. The lowest BCUT2D eigenvalue weighted by Gasteiger charge is -2.47. The zero-order valence-electron chi connectivity index (χ0n) is 14.1. The smallest absolute Gasteiger partial charge is 0.0734 e. The molecule has 3 fully saturated rings. The second kappa shape index (κ2) is 7.33. The van der Waals surface area contributed by atoms with E-state index in [1.165, 1.54) is 57.1 Å². The van der Waals surface area contributed by atoms with Crippen molar-refractivity contribution >= 4 is 0 Å². The summed E-state index contributed by atoms with van der Waals surface area (Å²) in [5.74, 6) is 0. The summed E-state index contributed by atoms with van der Waals surface area (Å²) in [5, 5.41) is 3.74. The van der Waals surface area contributed by atoms with Crippen molar-refractivity contribution in [1.82, 2.24) is 10.2 Å². The molecule has 3 nitrogen and oxygen atoms in total. The van der Waals surface area contributed by atoms with E-state index in [1.807, 2.05) is 0 Å². The summed E-state index contributed by atoms with van der Waals surface area (Å²) < 4.78 is 6.42. The van der Waals surface area contributed by atoms with Crippen LogP contribution in [0.3, 0.4) is 0 Å². The average Bonchev–Trinajstić information content (AvgIpc) is 3.10. The Labute approximate surface area is 140 Å². The van der Waals surface area contributed by atoms with Crippen molar-refractivity contribution in [2.24, 2.45) is 0 Å². The van der Waals surface area contributed by atoms with Gasteiger partial charge in [-0.3, -0.25) is 4.90 Å². The minimum Gasteiger partial charge on any atom is -0.372 e. The number of nitrogens with one attached hydrogen (secondary N) is 1. The van der Waals surface area contributed by atoms with Crippen molar-refractivity contribution < 1.29 is 4.74 Å². The zero-order chi connectivity index (χ0) is 15.5. The molecular formula is C20H30N2O. The Morgan fingerprint density at radius 3 is 2.70 bits per heavy atom. The molecule has 1 aliphatic heterocycles. The van der Waals surface area contributed by atoms with Gasteiger partial charge in [0.1, 0.15) is 0 Å². The molecule has 0 unspecified atom stereocenters. The van der Waals surface area contributed by atoms with Crippen LogP contribution in [0, 0.1) is 0 Å². The number of benzene rings is 1. The van der Waals surface area contributed by atoms with Gasteiger partial charge in [0.25, 0.3) is 0 Å². The number of piperazine rings is 1. The molecule has 1 N–H and O–H groups in total. The standard InChI is InChI=1S/C20H30N2O/c1-2-7-16(8-3-1)15-23-20-12-5-4-10-19(20)22-14-13-21-17-9-6-11-18(17)22/h1-3,7-8,17-21H,4-6,9-15H2/t17-,18-,19-,20+/m0/s1. The lowest BCUT2D eigenvalue weighted by molar-refractivity contribution is -0.0643. The largest absolute Gasteiger partial charge is 0.372 e. The third-order valence-electron chi connectivity index (χ3n) is 6.08. The van der Waals surface area contributed by atoms with Gasteiger partial charge < -0.3 is 10.1 Å². The molecular weight excluding hydrogens is 284 g/mol. The highest BCUT2D eigenvalue weighted by Crippen LogP contribution is 2.34. The highest BCUT2D eigenvalue weighted by molar-refractivity contribution is 5.13. The van der Waals surface area contributed by atoms with Crippen LogP contribution in [0.4, 0.5) is 0 Å². The SMILES string of the molecule is c1ccc(CO[C@@H]2CCCC[C@@H]2N2CCN[C@H]3CCC[C@@H]32)cc1. The van der Waals surface area contributed by atoms with Crippen LogP contribution < -0.4 is 5.32 Å². The molecule has 1 saturated heterocycles. The molecule has 23 heavy (non-hydrogen) atoms. The van der Waals surface area contributed by atoms with E-state index in [1.54, 1.807) is 0 Å². The van der Waals surface area contributed by atoms with Crippen LogP contribution in [0.25, 0.3) is 0 Å². The molecule has 4 rings (SSSR count). The maximum atomic E-state index is 6.42. The molecule has 4 atom stereocenters. The zero-order valence-corrected chi connectivity index (χ0v) is 14.1. The van der Waals surface area contributed by atoms with Crippen LogP contribution in [0.1, 0.15) is 50.5 Å². The van der Waals surface area contributed by atoms with Gasteiger partial charge in [0.05, 0.1) is 12.7 Å². The minimum atomic E-state index is 0.420. The number of rotatable bonds is 4. The predicted octanol–water partition coefficient (Wildman–Crippen LogP) is 3.34. The average molecular weight is 314 g/mol. The Balaban J connectivity index is 1.42. The van der Waals surface area contributed by atoms with Gasteiger partial charge >= 0.3 is 0 Å². The number of nitrogens with zero attached hydrogens (tertiary/aromatic N) is 1. The lowest BCUT2D eigenvalue weighted by Crippen LogP contribution is -2.61. The fourth-order valence-corrected chi connectivity index (χ4v) is 4.96. The van der Waals surface area contributed by atoms with E-state index in [2.05, 4.69) is 40.5 Å². The van der Waals surface area contributed by atoms with E-state index in [0.717, 1.165) is 25.2 Å². The molecule has 0 amide bonds. The van der Waals surface area contributed by atoms with Crippen LogP contribution in [0.5, 0.6) is 0 Å². The summed E-state index contributed by atoms with van der Waals surface area (Å²) in [7, 11) is 0. The number of hydrogen-bond donors (Lipinski definition) is 1. The number of ether oxygens (including phenoxy) is 1. The normalized spacial score (nSPS) is 35.1. The summed E-state index contributed by atoms with van der Waals surface area (Å²) in [5.41, 5.74) is 1.30. The quantitative estimate of drug-likeness (QED) is 0.922. The summed E-state index contributed by atoms with van der Waals surface area (Å²) >= 11 is 0. The van der Waals surface area contributed by atoms with Gasteiger partial charge in [-0.25, -0.2) is 0 Å². The first kappa shape index (κ1) is 15.6. The Morgan fingerprint density at radius 2 is 1.78 bits per heavy atom. The van der Waals surface area contributed by atoms with Crippen molar-refractivity contribution in [3.05, 3.63) is 35.9 Å². The minimum absolute atomic E-state index is 0.420. The van der Waals surface area contributed by atoms with E-state index < -0.39 is 0 Å². The Morgan fingerprint density at radius 1 is 0.957 bits per heavy atom. The van der Waals surface area contributed by atoms with Gasteiger partial charge in [-0.15, -0.1) is 0 Å². The van der Waals surface area contributed by atoms with Gasteiger partial charge in [-0.05, 0) is 31.2 Å². The third kappa shape index (κ3) is 3.47. The van der Waals surface area contributed by atoms with Crippen LogP contribution in [-0.4, -0.2) is 42.2 Å². The van der Waals surface area contributed by atoms with E-state index in [0.29, 0.717) is 12.1 Å². The molecule has 1 aromatic rings. The molecule has 1 aromatic carbocycles. The highest BCUT2D eigenvalue weighted by Gasteiger charge is 2.41. The maximum Gasteiger partial charge on any atom is 0.0734 e. The van der Waals surface area contributed by atoms with Gasteiger partial charge in [0.2, 0.25) is 0 Å².